The third-order valence-corrected chi connectivity index (χ3v) is 3.37. The molecule has 118 valence electrons. The summed E-state index contributed by atoms with van der Waals surface area (Å²) >= 11 is 0. The van der Waals surface area contributed by atoms with Crippen LogP contribution in [0.1, 0.15) is 23.0 Å². The lowest BCUT2D eigenvalue weighted by Crippen LogP contribution is -2.38. The summed E-state index contributed by atoms with van der Waals surface area (Å²) in [5.41, 5.74) is 1.76. The summed E-state index contributed by atoms with van der Waals surface area (Å²) in [4.78, 5) is 27.8. The minimum atomic E-state index is -0.348. The Kier molecular flexibility index (Phi) is 5.11. The van der Waals surface area contributed by atoms with Gasteiger partial charge in [0.05, 0.1) is 0 Å². The van der Waals surface area contributed by atoms with Crippen LogP contribution in [0.15, 0.2) is 29.1 Å². The summed E-state index contributed by atoms with van der Waals surface area (Å²) in [5, 5.41) is 8.98. The molecule has 7 heteroatoms. The van der Waals surface area contributed by atoms with Crippen molar-refractivity contribution in [3.05, 3.63) is 51.7 Å². The Bertz CT molecular complexity index is 672. The predicted molar refractivity (Wildman–Crippen MR) is 83.5 cm³/mol. The van der Waals surface area contributed by atoms with Crippen LogP contribution in [0.25, 0.3) is 0 Å². The first-order chi connectivity index (χ1) is 10.5. The number of H-pyrrole nitrogens is 2. The van der Waals surface area contributed by atoms with E-state index in [1.807, 2.05) is 50.2 Å². The number of carbonyl (C=O) groups excluding carboxylic acids is 1. The van der Waals surface area contributed by atoms with Crippen LogP contribution in [-0.4, -0.2) is 46.6 Å². The van der Waals surface area contributed by atoms with E-state index in [2.05, 4.69) is 20.5 Å². The van der Waals surface area contributed by atoms with Gasteiger partial charge in [0.1, 0.15) is 11.9 Å². The van der Waals surface area contributed by atoms with E-state index in [0.717, 1.165) is 11.1 Å². The average Bonchev–Trinajstić information content (AvgIpc) is 2.86. The van der Waals surface area contributed by atoms with Gasteiger partial charge >= 0.3 is 5.69 Å². The summed E-state index contributed by atoms with van der Waals surface area (Å²) in [6.07, 6.45) is 0.471. The molecule has 0 aliphatic rings. The molecule has 1 aromatic heterocycles. The summed E-state index contributed by atoms with van der Waals surface area (Å²) in [7, 11) is 3.74. The second kappa shape index (κ2) is 7.04. The first-order valence-electron chi connectivity index (χ1n) is 7.11. The Hall–Kier alpha value is -2.41. The maximum absolute atomic E-state index is 12.4. The molecule has 0 bridgehead atoms. The van der Waals surface area contributed by atoms with Crippen LogP contribution in [0.4, 0.5) is 0 Å². The fourth-order valence-electron chi connectivity index (χ4n) is 2.26. The number of benzene rings is 1. The maximum Gasteiger partial charge on any atom is 0.340 e. The van der Waals surface area contributed by atoms with Crippen molar-refractivity contribution in [1.82, 2.24) is 25.4 Å². The quantitative estimate of drug-likeness (QED) is 0.718. The number of nitrogens with one attached hydrogen (secondary N) is 3. The smallest absolute Gasteiger partial charge is 0.340 e. The van der Waals surface area contributed by atoms with Crippen molar-refractivity contribution < 1.29 is 4.79 Å². The third-order valence-electron chi connectivity index (χ3n) is 3.37. The number of likely N-dealkylation sites (N-methyl/N-ethyl adjacent to an activating group) is 1. The van der Waals surface area contributed by atoms with Crippen molar-refractivity contribution in [3.8, 4) is 0 Å². The Morgan fingerprint density at radius 3 is 2.55 bits per heavy atom. The fourth-order valence-corrected chi connectivity index (χ4v) is 2.26. The first-order valence-corrected chi connectivity index (χ1v) is 7.11. The van der Waals surface area contributed by atoms with Gasteiger partial charge in [-0.3, -0.25) is 14.7 Å². The molecule has 1 heterocycles. The van der Waals surface area contributed by atoms with Crippen molar-refractivity contribution in [2.24, 2.45) is 0 Å². The number of aryl methyl sites for hydroxylation is 1. The van der Waals surface area contributed by atoms with Crippen molar-refractivity contribution in [2.75, 3.05) is 20.6 Å². The molecule has 7 nitrogen and oxygen atoms in total. The lowest BCUT2D eigenvalue weighted by atomic mass is 10.0. The van der Waals surface area contributed by atoms with Gasteiger partial charge in [0.15, 0.2) is 0 Å². The van der Waals surface area contributed by atoms with E-state index in [4.69, 9.17) is 0 Å². The van der Waals surface area contributed by atoms with Gasteiger partial charge in [-0.25, -0.2) is 9.89 Å². The molecule has 1 atom stereocenters. The molecule has 3 N–H and O–H groups in total. The number of hydrogen-bond donors (Lipinski definition) is 3. The molecule has 1 aromatic carbocycles. The Labute approximate surface area is 128 Å². The normalized spacial score (nSPS) is 12.4. The maximum atomic E-state index is 12.4. The lowest BCUT2D eigenvalue weighted by molar-refractivity contribution is -0.125. The Balaban J connectivity index is 1.97. The van der Waals surface area contributed by atoms with E-state index < -0.39 is 0 Å². The second-order valence-corrected chi connectivity index (χ2v) is 5.44. The van der Waals surface area contributed by atoms with Crippen LogP contribution in [0.5, 0.6) is 0 Å². The molecule has 1 unspecified atom stereocenters. The number of nitrogens with zero attached hydrogens (tertiary/aromatic N) is 2. The topological polar surface area (TPSA) is 93.9 Å². The molecule has 0 radical (unpaired) electrons. The second-order valence-electron chi connectivity index (χ2n) is 5.44. The predicted octanol–water partition coefficient (Wildman–Crippen LogP) is 0.368. The number of aromatic nitrogens is 3. The minimum Gasteiger partial charge on any atom is -0.354 e. The van der Waals surface area contributed by atoms with Crippen molar-refractivity contribution in [2.45, 2.75) is 19.4 Å². The zero-order chi connectivity index (χ0) is 16.1. The van der Waals surface area contributed by atoms with Gasteiger partial charge in [-0.05, 0) is 26.6 Å². The fraction of sp³-hybridized carbons (Fsp3) is 0.400. The van der Waals surface area contributed by atoms with E-state index in [-0.39, 0.29) is 17.6 Å². The van der Waals surface area contributed by atoms with Crippen LogP contribution in [0, 0.1) is 6.92 Å². The summed E-state index contributed by atoms with van der Waals surface area (Å²) in [6, 6.07) is 7.57. The molecule has 0 aliphatic carbocycles. The monoisotopic (exact) mass is 303 g/mol. The highest BCUT2D eigenvalue weighted by Crippen LogP contribution is 2.18. The molecule has 0 saturated heterocycles. The molecule has 22 heavy (non-hydrogen) atoms. The van der Waals surface area contributed by atoms with Gasteiger partial charge in [0.2, 0.25) is 5.91 Å². The van der Waals surface area contributed by atoms with Crippen molar-refractivity contribution >= 4 is 5.91 Å². The third kappa shape index (κ3) is 4.05. The van der Waals surface area contributed by atoms with E-state index in [0.29, 0.717) is 18.8 Å². The molecule has 0 saturated carbocycles. The number of carbonyl (C=O) groups is 1. The minimum absolute atomic E-state index is 0.0771. The zero-order valence-electron chi connectivity index (χ0n) is 13.0. The molecule has 0 fully saturated rings. The summed E-state index contributed by atoms with van der Waals surface area (Å²) in [6.45, 7) is 2.43. The van der Waals surface area contributed by atoms with E-state index >= 15 is 0 Å². The number of hydrogen-bond acceptors (Lipinski definition) is 4. The van der Waals surface area contributed by atoms with Crippen LogP contribution in [-0.2, 0) is 11.2 Å². The van der Waals surface area contributed by atoms with Gasteiger partial charge in [0, 0.05) is 13.0 Å². The molecule has 0 spiro atoms. The van der Waals surface area contributed by atoms with Crippen LogP contribution < -0.4 is 11.0 Å². The molecule has 2 aromatic rings. The highest BCUT2D eigenvalue weighted by Gasteiger charge is 2.22. The Morgan fingerprint density at radius 1 is 1.32 bits per heavy atom. The van der Waals surface area contributed by atoms with Gasteiger partial charge in [-0.15, -0.1) is 0 Å². The number of amides is 1. The highest BCUT2D eigenvalue weighted by molar-refractivity contribution is 5.83. The van der Waals surface area contributed by atoms with Crippen LogP contribution in [0.3, 0.4) is 0 Å². The lowest BCUT2D eigenvalue weighted by Gasteiger charge is -2.24. The standard InChI is InChI=1S/C15H21N5O2/c1-10-4-6-11(7-5-10)13(20(2)3)14(21)16-9-8-12-17-15(22)19-18-12/h4-7,13H,8-9H2,1-3H3,(H,16,21)(H2,17,18,19,22). The van der Waals surface area contributed by atoms with Crippen LogP contribution in [0.2, 0.25) is 0 Å². The first kappa shape index (κ1) is 16.0. The van der Waals surface area contributed by atoms with Gasteiger partial charge in [-0.2, -0.15) is 5.10 Å². The Morgan fingerprint density at radius 2 is 2.00 bits per heavy atom. The highest BCUT2D eigenvalue weighted by atomic mass is 16.2. The van der Waals surface area contributed by atoms with Gasteiger partial charge in [0.25, 0.3) is 0 Å². The SMILES string of the molecule is Cc1ccc(C(C(=O)NCCc2n[nH]c(=O)[nH]2)N(C)C)cc1. The largest absolute Gasteiger partial charge is 0.354 e. The van der Waals surface area contributed by atoms with E-state index in [1.165, 1.54) is 0 Å². The van der Waals surface area contributed by atoms with Crippen LogP contribution >= 0.6 is 0 Å². The summed E-state index contributed by atoms with van der Waals surface area (Å²) in [5.74, 6) is 0.453. The molecular weight excluding hydrogens is 282 g/mol. The molecule has 0 aliphatic heterocycles. The number of aromatic amines is 2. The van der Waals surface area contributed by atoms with Gasteiger partial charge < -0.3 is 5.32 Å². The summed E-state index contributed by atoms with van der Waals surface area (Å²) < 4.78 is 0. The zero-order valence-corrected chi connectivity index (χ0v) is 13.0. The van der Waals surface area contributed by atoms with Crippen molar-refractivity contribution in [1.29, 1.82) is 0 Å². The van der Waals surface area contributed by atoms with Crippen molar-refractivity contribution in [3.63, 3.8) is 0 Å². The molecular formula is C15H21N5O2. The van der Waals surface area contributed by atoms with E-state index in [1.54, 1.807) is 0 Å². The number of rotatable bonds is 6. The molecule has 1 amide bonds. The van der Waals surface area contributed by atoms with Gasteiger partial charge in [-0.1, -0.05) is 29.8 Å². The molecule has 2 rings (SSSR count). The van der Waals surface area contributed by atoms with E-state index in [9.17, 15) is 9.59 Å². The average molecular weight is 303 g/mol.